The van der Waals surface area contributed by atoms with Crippen LogP contribution in [0.1, 0.15) is 79.2 Å². The average molecular weight is 512 g/mol. The maximum Gasteiger partial charge on any atom is 0.251 e. The van der Waals surface area contributed by atoms with Gasteiger partial charge in [0.2, 0.25) is 0 Å². The standard InChI is InChI=1S/C33H41N3O2/c1-4-26(3)27-18-20-29(21-19-27)38-24-10-23-36-31-12-8-7-11-30(31)35-32(36)13-6-5-9-22-34-33(37)28-16-14-25(2)15-17-28/h7-8,11-12,14-21,26H,4-6,9-10,13,22-24H2,1-3H3,(H,34,37). The molecule has 1 amide bonds. The molecule has 0 saturated carbocycles. The molecule has 0 bridgehead atoms. The Hall–Kier alpha value is -3.60. The van der Waals surface area contributed by atoms with Crippen LogP contribution in [0.3, 0.4) is 0 Å². The van der Waals surface area contributed by atoms with E-state index in [0.717, 1.165) is 73.3 Å². The lowest BCUT2D eigenvalue weighted by Gasteiger charge is -2.12. The molecule has 1 aromatic heterocycles. The van der Waals surface area contributed by atoms with Crippen molar-refractivity contribution >= 4 is 16.9 Å². The fourth-order valence-electron chi connectivity index (χ4n) is 4.70. The smallest absolute Gasteiger partial charge is 0.251 e. The Morgan fingerprint density at radius 2 is 1.71 bits per heavy atom. The van der Waals surface area contributed by atoms with Gasteiger partial charge in [-0.25, -0.2) is 4.98 Å². The van der Waals surface area contributed by atoms with E-state index < -0.39 is 0 Å². The van der Waals surface area contributed by atoms with Crippen LogP contribution >= 0.6 is 0 Å². The number of hydrogen-bond donors (Lipinski definition) is 1. The number of aryl methyl sites for hydroxylation is 3. The molecule has 3 aromatic carbocycles. The molecule has 0 fully saturated rings. The lowest BCUT2D eigenvalue weighted by Crippen LogP contribution is -2.24. The van der Waals surface area contributed by atoms with Gasteiger partial charge in [0.1, 0.15) is 11.6 Å². The second kappa shape index (κ2) is 13.8. The molecule has 5 nitrogen and oxygen atoms in total. The molecule has 38 heavy (non-hydrogen) atoms. The van der Waals surface area contributed by atoms with Crippen LogP contribution in [-0.2, 0) is 13.0 Å². The Labute approximate surface area is 227 Å². The molecule has 0 spiro atoms. The monoisotopic (exact) mass is 511 g/mol. The quantitative estimate of drug-likeness (QED) is 0.179. The highest BCUT2D eigenvalue weighted by Gasteiger charge is 2.11. The van der Waals surface area contributed by atoms with Gasteiger partial charge < -0.3 is 14.6 Å². The van der Waals surface area contributed by atoms with E-state index in [1.54, 1.807) is 0 Å². The summed E-state index contributed by atoms with van der Waals surface area (Å²) in [7, 11) is 0. The summed E-state index contributed by atoms with van der Waals surface area (Å²) in [6, 6.07) is 24.6. The molecular weight excluding hydrogens is 470 g/mol. The van der Waals surface area contributed by atoms with Crippen LogP contribution in [0.5, 0.6) is 5.75 Å². The number of carbonyl (C=O) groups is 1. The summed E-state index contributed by atoms with van der Waals surface area (Å²) in [5.74, 6) is 2.64. The molecule has 0 saturated heterocycles. The zero-order valence-electron chi connectivity index (χ0n) is 23.1. The summed E-state index contributed by atoms with van der Waals surface area (Å²) >= 11 is 0. The molecule has 1 heterocycles. The second-order valence-electron chi connectivity index (χ2n) is 10.2. The van der Waals surface area contributed by atoms with Crippen molar-refractivity contribution in [3.63, 3.8) is 0 Å². The molecular formula is C33H41N3O2. The number of amides is 1. The molecule has 200 valence electrons. The maximum atomic E-state index is 12.3. The van der Waals surface area contributed by atoms with Crippen LogP contribution in [0.25, 0.3) is 11.0 Å². The summed E-state index contributed by atoms with van der Waals surface area (Å²) < 4.78 is 8.39. The van der Waals surface area contributed by atoms with Crippen molar-refractivity contribution in [3.8, 4) is 5.75 Å². The van der Waals surface area contributed by atoms with E-state index in [4.69, 9.17) is 9.72 Å². The van der Waals surface area contributed by atoms with Crippen molar-refractivity contribution in [1.82, 2.24) is 14.9 Å². The summed E-state index contributed by atoms with van der Waals surface area (Å²) in [6.07, 6.45) is 6.05. The van der Waals surface area contributed by atoms with Gasteiger partial charge in [-0.15, -0.1) is 0 Å². The van der Waals surface area contributed by atoms with Gasteiger partial charge in [0.05, 0.1) is 17.6 Å². The third kappa shape index (κ3) is 7.47. The van der Waals surface area contributed by atoms with Crippen molar-refractivity contribution in [2.75, 3.05) is 13.2 Å². The van der Waals surface area contributed by atoms with Crippen LogP contribution in [0.4, 0.5) is 0 Å². The van der Waals surface area contributed by atoms with E-state index >= 15 is 0 Å². The lowest BCUT2D eigenvalue weighted by molar-refractivity contribution is 0.0953. The molecule has 0 aliphatic heterocycles. The predicted octanol–water partition coefficient (Wildman–Crippen LogP) is 7.47. The SMILES string of the molecule is CCC(C)c1ccc(OCCCn2c(CCCCCNC(=O)c3ccc(C)cc3)nc3ccccc32)cc1. The minimum atomic E-state index is 0.000437. The van der Waals surface area contributed by atoms with E-state index in [9.17, 15) is 4.79 Å². The van der Waals surface area contributed by atoms with Crippen molar-refractivity contribution in [2.24, 2.45) is 0 Å². The molecule has 0 aliphatic rings. The number of nitrogens with one attached hydrogen (secondary N) is 1. The van der Waals surface area contributed by atoms with Crippen molar-refractivity contribution in [1.29, 1.82) is 0 Å². The lowest BCUT2D eigenvalue weighted by atomic mass is 9.99. The number of hydrogen-bond acceptors (Lipinski definition) is 3. The minimum absolute atomic E-state index is 0.000437. The maximum absolute atomic E-state index is 12.3. The Balaban J connectivity index is 1.23. The molecule has 1 atom stereocenters. The minimum Gasteiger partial charge on any atom is -0.494 e. The Bertz CT molecular complexity index is 1290. The van der Waals surface area contributed by atoms with Crippen molar-refractivity contribution in [2.45, 2.75) is 71.8 Å². The summed E-state index contributed by atoms with van der Waals surface area (Å²) in [4.78, 5) is 17.2. The highest BCUT2D eigenvalue weighted by atomic mass is 16.5. The largest absolute Gasteiger partial charge is 0.494 e. The molecule has 1 unspecified atom stereocenters. The first-order valence-electron chi connectivity index (χ1n) is 14.1. The molecule has 0 aliphatic carbocycles. The van der Waals surface area contributed by atoms with Crippen molar-refractivity contribution in [3.05, 3.63) is 95.3 Å². The van der Waals surface area contributed by atoms with Gasteiger partial charge in [-0.3, -0.25) is 4.79 Å². The first-order chi connectivity index (χ1) is 18.5. The van der Waals surface area contributed by atoms with Gasteiger partial charge in [-0.1, -0.05) is 62.2 Å². The number of benzene rings is 3. The van der Waals surface area contributed by atoms with Gasteiger partial charge in [-0.05, 0) is 80.5 Å². The van der Waals surface area contributed by atoms with E-state index in [0.29, 0.717) is 19.1 Å². The molecule has 4 aromatic rings. The van der Waals surface area contributed by atoms with E-state index in [1.807, 2.05) is 37.3 Å². The third-order valence-electron chi connectivity index (χ3n) is 7.27. The predicted molar refractivity (Wildman–Crippen MR) is 156 cm³/mol. The second-order valence-corrected chi connectivity index (χ2v) is 10.2. The van der Waals surface area contributed by atoms with Crippen LogP contribution in [0.15, 0.2) is 72.8 Å². The Morgan fingerprint density at radius 1 is 0.947 bits per heavy atom. The molecule has 4 rings (SSSR count). The number of unbranched alkanes of at least 4 members (excludes halogenated alkanes) is 2. The van der Waals surface area contributed by atoms with E-state index in [2.05, 4.69) is 66.2 Å². The van der Waals surface area contributed by atoms with Gasteiger partial charge >= 0.3 is 0 Å². The number of rotatable bonds is 14. The van der Waals surface area contributed by atoms with E-state index in [1.165, 1.54) is 11.1 Å². The fourth-order valence-corrected chi connectivity index (χ4v) is 4.70. The Morgan fingerprint density at radius 3 is 2.47 bits per heavy atom. The first-order valence-corrected chi connectivity index (χ1v) is 14.1. The molecule has 0 radical (unpaired) electrons. The molecule has 1 N–H and O–H groups in total. The van der Waals surface area contributed by atoms with E-state index in [-0.39, 0.29) is 5.91 Å². The van der Waals surface area contributed by atoms with Gasteiger partial charge in [0.25, 0.3) is 5.91 Å². The van der Waals surface area contributed by atoms with Crippen molar-refractivity contribution < 1.29 is 9.53 Å². The average Bonchev–Trinajstić information content (AvgIpc) is 3.30. The zero-order valence-corrected chi connectivity index (χ0v) is 23.1. The number of nitrogens with zero attached hydrogens (tertiary/aromatic N) is 2. The number of para-hydroxylation sites is 2. The number of imidazole rings is 1. The Kier molecular flexibility index (Phi) is 9.97. The topological polar surface area (TPSA) is 56.1 Å². The van der Waals surface area contributed by atoms with Gasteiger partial charge in [-0.2, -0.15) is 0 Å². The van der Waals surface area contributed by atoms with Crippen LogP contribution < -0.4 is 10.1 Å². The van der Waals surface area contributed by atoms with Crippen LogP contribution in [-0.4, -0.2) is 28.6 Å². The molecule has 5 heteroatoms. The summed E-state index contributed by atoms with van der Waals surface area (Å²) in [5, 5.41) is 3.04. The van der Waals surface area contributed by atoms with Gasteiger partial charge in [0.15, 0.2) is 0 Å². The van der Waals surface area contributed by atoms with Crippen LogP contribution in [0.2, 0.25) is 0 Å². The first kappa shape index (κ1) is 27.4. The number of aromatic nitrogens is 2. The van der Waals surface area contributed by atoms with Gasteiger partial charge in [0, 0.05) is 25.1 Å². The summed E-state index contributed by atoms with van der Waals surface area (Å²) in [6.45, 7) is 8.75. The normalized spacial score (nSPS) is 12.0. The summed E-state index contributed by atoms with van der Waals surface area (Å²) in [5.41, 5.74) is 5.48. The highest BCUT2D eigenvalue weighted by Crippen LogP contribution is 2.22. The zero-order chi connectivity index (χ0) is 26.7. The number of fused-ring (bicyclic) bond motifs is 1. The third-order valence-corrected chi connectivity index (χ3v) is 7.27. The fraction of sp³-hybridized carbons (Fsp3) is 0.394. The number of ether oxygens (including phenoxy) is 1. The van der Waals surface area contributed by atoms with Crippen LogP contribution in [0, 0.1) is 6.92 Å². The highest BCUT2D eigenvalue weighted by molar-refractivity contribution is 5.94. The number of carbonyl (C=O) groups excluding carboxylic acids is 1.